The van der Waals surface area contributed by atoms with Crippen molar-refractivity contribution in [2.75, 3.05) is 6.61 Å². The van der Waals surface area contributed by atoms with Gasteiger partial charge in [-0.05, 0) is 37.9 Å². The summed E-state index contributed by atoms with van der Waals surface area (Å²) in [7, 11) is -1.56. The molecule has 0 unspecified atom stereocenters. The molecule has 1 atom stereocenters. The molecule has 0 amide bonds. The summed E-state index contributed by atoms with van der Waals surface area (Å²) in [6.45, 7) is 13.9. The van der Waals surface area contributed by atoms with E-state index in [-0.39, 0.29) is 11.1 Å². The maximum atomic E-state index is 9.10. The summed E-state index contributed by atoms with van der Waals surface area (Å²) in [6.07, 6.45) is 1.61. The predicted octanol–water partition coefficient (Wildman–Crippen LogP) is 3.17. The van der Waals surface area contributed by atoms with Crippen molar-refractivity contribution in [2.45, 2.75) is 64.8 Å². The van der Waals surface area contributed by atoms with Gasteiger partial charge in [-0.15, -0.1) is 0 Å². The van der Waals surface area contributed by atoms with E-state index in [0.29, 0.717) is 0 Å². The van der Waals surface area contributed by atoms with Crippen molar-refractivity contribution in [1.29, 1.82) is 0 Å². The standard InChI is InChI=1S/C11H26O2Si/c1-10(12)8-7-9-13-14(5,6)11(2,3)4/h10,12H,7-9H2,1-6H3/t10-/m0/s1. The second kappa shape index (κ2) is 5.28. The molecular weight excluding hydrogens is 192 g/mol. The largest absolute Gasteiger partial charge is 0.417 e. The van der Waals surface area contributed by atoms with Gasteiger partial charge in [-0.2, -0.15) is 0 Å². The Morgan fingerprint density at radius 2 is 1.79 bits per heavy atom. The van der Waals surface area contributed by atoms with E-state index in [0.717, 1.165) is 19.4 Å². The normalized spacial score (nSPS) is 15.6. The lowest BCUT2D eigenvalue weighted by atomic mass is 10.2. The maximum Gasteiger partial charge on any atom is 0.191 e. The summed E-state index contributed by atoms with van der Waals surface area (Å²) in [6, 6.07) is 0. The molecule has 2 nitrogen and oxygen atoms in total. The minimum atomic E-state index is -1.56. The number of rotatable bonds is 5. The molecule has 14 heavy (non-hydrogen) atoms. The molecule has 0 fully saturated rings. The van der Waals surface area contributed by atoms with Gasteiger partial charge in [-0.3, -0.25) is 0 Å². The van der Waals surface area contributed by atoms with Crippen molar-refractivity contribution in [1.82, 2.24) is 0 Å². The molecule has 0 aliphatic carbocycles. The van der Waals surface area contributed by atoms with E-state index in [4.69, 9.17) is 9.53 Å². The van der Waals surface area contributed by atoms with Crippen LogP contribution in [0.1, 0.15) is 40.5 Å². The summed E-state index contributed by atoms with van der Waals surface area (Å²) in [5, 5.41) is 9.39. The molecule has 0 aromatic carbocycles. The van der Waals surface area contributed by atoms with Crippen LogP contribution < -0.4 is 0 Å². The van der Waals surface area contributed by atoms with Crippen LogP contribution in [0.3, 0.4) is 0 Å². The van der Waals surface area contributed by atoms with Crippen LogP contribution >= 0.6 is 0 Å². The molecule has 0 aliphatic rings. The van der Waals surface area contributed by atoms with E-state index < -0.39 is 8.32 Å². The zero-order chi connectivity index (χ0) is 11.4. The smallest absolute Gasteiger partial charge is 0.191 e. The lowest BCUT2D eigenvalue weighted by molar-refractivity contribution is 0.168. The van der Waals surface area contributed by atoms with Crippen molar-refractivity contribution in [3.05, 3.63) is 0 Å². The molecule has 86 valence electrons. The molecule has 0 rings (SSSR count). The van der Waals surface area contributed by atoms with E-state index in [1.165, 1.54) is 0 Å². The van der Waals surface area contributed by atoms with Crippen molar-refractivity contribution < 1.29 is 9.53 Å². The van der Waals surface area contributed by atoms with Crippen LogP contribution in [0, 0.1) is 0 Å². The molecule has 0 bridgehead atoms. The van der Waals surface area contributed by atoms with Gasteiger partial charge in [0.05, 0.1) is 6.10 Å². The third-order valence-electron chi connectivity index (χ3n) is 3.04. The first kappa shape index (κ1) is 14.1. The Bertz CT molecular complexity index is 159. The molecular formula is C11H26O2Si. The second-order valence-corrected chi connectivity index (χ2v) is 10.4. The lowest BCUT2D eigenvalue weighted by Gasteiger charge is -2.36. The van der Waals surface area contributed by atoms with E-state index in [1.807, 2.05) is 6.92 Å². The summed E-state index contributed by atoms with van der Waals surface area (Å²) < 4.78 is 5.97. The van der Waals surface area contributed by atoms with Crippen LogP contribution in [0.25, 0.3) is 0 Å². The molecule has 0 heterocycles. The number of hydrogen-bond donors (Lipinski definition) is 1. The van der Waals surface area contributed by atoms with Gasteiger partial charge in [-0.1, -0.05) is 20.8 Å². The monoisotopic (exact) mass is 218 g/mol. The zero-order valence-electron chi connectivity index (χ0n) is 10.6. The van der Waals surface area contributed by atoms with Gasteiger partial charge in [0, 0.05) is 6.61 Å². The van der Waals surface area contributed by atoms with Crippen LogP contribution in [0.4, 0.5) is 0 Å². The summed E-state index contributed by atoms with van der Waals surface area (Å²) in [5.74, 6) is 0. The quantitative estimate of drug-likeness (QED) is 0.567. The first-order chi connectivity index (χ1) is 6.17. The van der Waals surface area contributed by atoms with Gasteiger partial charge in [0.1, 0.15) is 0 Å². The SMILES string of the molecule is C[C@H](O)CCCO[Si](C)(C)C(C)(C)C. The average molecular weight is 218 g/mol. The highest BCUT2D eigenvalue weighted by atomic mass is 28.4. The lowest BCUT2D eigenvalue weighted by Crippen LogP contribution is -2.41. The van der Waals surface area contributed by atoms with E-state index in [2.05, 4.69) is 33.9 Å². The highest BCUT2D eigenvalue weighted by molar-refractivity contribution is 6.74. The van der Waals surface area contributed by atoms with Crippen molar-refractivity contribution in [2.24, 2.45) is 0 Å². The Kier molecular flexibility index (Phi) is 5.34. The summed E-state index contributed by atoms with van der Waals surface area (Å²) >= 11 is 0. The molecule has 0 saturated heterocycles. The summed E-state index contributed by atoms with van der Waals surface area (Å²) in [5.41, 5.74) is 0. The molecule has 0 aromatic rings. The Labute approximate surface area is 89.8 Å². The molecule has 0 spiro atoms. The zero-order valence-corrected chi connectivity index (χ0v) is 11.6. The number of aliphatic hydroxyl groups excluding tert-OH is 1. The third kappa shape index (κ3) is 5.13. The minimum Gasteiger partial charge on any atom is -0.417 e. The maximum absolute atomic E-state index is 9.10. The summed E-state index contributed by atoms with van der Waals surface area (Å²) in [4.78, 5) is 0. The fourth-order valence-corrected chi connectivity index (χ4v) is 2.01. The van der Waals surface area contributed by atoms with Gasteiger partial charge < -0.3 is 9.53 Å². The predicted molar refractivity (Wildman–Crippen MR) is 64.1 cm³/mol. The second-order valence-electron chi connectivity index (χ2n) is 5.60. The van der Waals surface area contributed by atoms with Gasteiger partial charge in [0.2, 0.25) is 0 Å². The molecule has 1 N–H and O–H groups in total. The molecule has 0 radical (unpaired) electrons. The molecule has 0 aromatic heterocycles. The minimum absolute atomic E-state index is 0.196. The average Bonchev–Trinajstić information content (AvgIpc) is 1.95. The first-order valence-corrected chi connectivity index (χ1v) is 8.39. The van der Waals surface area contributed by atoms with Gasteiger partial charge in [-0.25, -0.2) is 0 Å². The fraction of sp³-hybridized carbons (Fsp3) is 1.00. The van der Waals surface area contributed by atoms with Crippen molar-refractivity contribution in [3.8, 4) is 0 Å². The van der Waals surface area contributed by atoms with Crippen LogP contribution in [-0.2, 0) is 4.43 Å². The van der Waals surface area contributed by atoms with Gasteiger partial charge in [0.15, 0.2) is 8.32 Å². The van der Waals surface area contributed by atoms with Gasteiger partial charge in [0.25, 0.3) is 0 Å². The number of aliphatic hydroxyl groups is 1. The highest BCUT2D eigenvalue weighted by Gasteiger charge is 2.36. The van der Waals surface area contributed by atoms with Crippen LogP contribution in [0.15, 0.2) is 0 Å². The topological polar surface area (TPSA) is 29.5 Å². The van der Waals surface area contributed by atoms with Crippen molar-refractivity contribution in [3.63, 3.8) is 0 Å². The van der Waals surface area contributed by atoms with E-state index >= 15 is 0 Å². The van der Waals surface area contributed by atoms with E-state index in [9.17, 15) is 0 Å². The van der Waals surface area contributed by atoms with Crippen molar-refractivity contribution >= 4 is 8.32 Å². The molecule has 0 saturated carbocycles. The van der Waals surface area contributed by atoms with Crippen LogP contribution in [0.2, 0.25) is 18.1 Å². The molecule has 3 heteroatoms. The number of hydrogen-bond acceptors (Lipinski definition) is 2. The van der Waals surface area contributed by atoms with Crippen LogP contribution in [-0.4, -0.2) is 26.1 Å². The Morgan fingerprint density at radius 3 is 2.14 bits per heavy atom. The Morgan fingerprint density at radius 1 is 1.29 bits per heavy atom. The van der Waals surface area contributed by atoms with Crippen LogP contribution in [0.5, 0.6) is 0 Å². The first-order valence-electron chi connectivity index (χ1n) is 5.49. The highest BCUT2D eigenvalue weighted by Crippen LogP contribution is 2.36. The van der Waals surface area contributed by atoms with E-state index in [1.54, 1.807) is 0 Å². The Hall–Kier alpha value is 0.137. The third-order valence-corrected chi connectivity index (χ3v) is 7.57. The Balaban J connectivity index is 3.78. The fourth-order valence-electron chi connectivity index (χ4n) is 0.923. The van der Waals surface area contributed by atoms with Gasteiger partial charge >= 0.3 is 0 Å². The molecule has 0 aliphatic heterocycles.